The van der Waals surface area contributed by atoms with Crippen LogP contribution in [0.1, 0.15) is 35.8 Å². The summed E-state index contributed by atoms with van der Waals surface area (Å²) in [6, 6.07) is 10.1. The van der Waals surface area contributed by atoms with E-state index in [1.165, 1.54) is 23.7 Å². The van der Waals surface area contributed by atoms with Gasteiger partial charge >= 0.3 is 0 Å². The molecule has 0 saturated carbocycles. The van der Waals surface area contributed by atoms with Crippen molar-refractivity contribution >= 4 is 22.6 Å². The van der Waals surface area contributed by atoms with Crippen LogP contribution in [-0.4, -0.2) is 45.4 Å². The van der Waals surface area contributed by atoms with Crippen molar-refractivity contribution in [3.05, 3.63) is 54.1 Å². The van der Waals surface area contributed by atoms with Crippen molar-refractivity contribution in [1.29, 1.82) is 0 Å². The van der Waals surface area contributed by atoms with E-state index in [2.05, 4.69) is 51.6 Å². The highest BCUT2D eigenvalue weighted by Crippen LogP contribution is 2.19. The number of benzene rings is 1. The topological polar surface area (TPSA) is 73.9 Å². The Labute approximate surface area is 159 Å². The Morgan fingerprint density at radius 3 is 3.11 bits per heavy atom. The first-order chi connectivity index (χ1) is 13.2. The third-order valence-electron chi connectivity index (χ3n) is 5.21. The van der Waals surface area contributed by atoms with Gasteiger partial charge in [-0.15, -0.1) is 0 Å². The van der Waals surface area contributed by atoms with Gasteiger partial charge in [0.05, 0.1) is 0 Å². The first-order valence-electron chi connectivity index (χ1n) is 9.61. The zero-order valence-electron chi connectivity index (χ0n) is 15.6. The summed E-state index contributed by atoms with van der Waals surface area (Å²) < 4.78 is 0. The summed E-state index contributed by atoms with van der Waals surface area (Å²) in [7, 11) is 0. The van der Waals surface area contributed by atoms with Crippen LogP contribution in [0.4, 0.5) is 5.82 Å². The number of likely N-dealkylation sites (tertiary alicyclic amines) is 1. The lowest BCUT2D eigenvalue weighted by Gasteiger charge is -2.30. The number of carbonyl (C=O) groups is 1. The molecule has 2 aromatic heterocycles. The number of anilines is 1. The van der Waals surface area contributed by atoms with Gasteiger partial charge in [0.15, 0.2) is 0 Å². The molecule has 1 fully saturated rings. The van der Waals surface area contributed by atoms with Gasteiger partial charge in [-0.2, -0.15) is 0 Å². The van der Waals surface area contributed by atoms with Gasteiger partial charge in [-0.1, -0.05) is 25.1 Å². The molecular weight excluding hydrogens is 338 g/mol. The number of nitrogens with one attached hydrogen (secondary N) is 2. The molecule has 1 amide bonds. The number of hydrogen-bond acceptors (Lipinski definition) is 4. The van der Waals surface area contributed by atoms with Crippen LogP contribution >= 0.6 is 0 Å². The second-order valence-electron chi connectivity index (χ2n) is 7.32. The second kappa shape index (κ2) is 7.78. The van der Waals surface area contributed by atoms with Gasteiger partial charge in [0, 0.05) is 42.8 Å². The summed E-state index contributed by atoms with van der Waals surface area (Å²) in [5.41, 5.74) is 2.89. The van der Waals surface area contributed by atoms with Gasteiger partial charge in [-0.3, -0.25) is 4.79 Å². The Hall–Kier alpha value is -2.89. The molecule has 3 aromatic rings. The minimum absolute atomic E-state index is 0.00336. The number of piperidine rings is 1. The van der Waals surface area contributed by atoms with E-state index in [4.69, 9.17) is 0 Å². The Bertz CT molecular complexity index is 935. The Kier molecular flexibility index (Phi) is 5.05. The lowest BCUT2D eigenvalue weighted by Crippen LogP contribution is -2.39. The molecule has 1 aliphatic heterocycles. The molecule has 27 heavy (non-hydrogen) atoms. The van der Waals surface area contributed by atoms with Crippen LogP contribution < -0.4 is 5.32 Å². The average molecular weight is 363 g/mol. The van der Waals surface area contributed by atoms with Gasteiger partial charge in [0.1, 0.15) is 17.8 Å². The van der Waals surface area contributed by atoms with E-state index in [1.54, 1.807) is 6.07 Å². The number of hydrogen-bond donors (Lipinski definition) is 2. The highest BCUT2D eigenvalue weighted by Gasteiger charge is 2.23. The van der Waals surface area contributed by atoms with Gasteiger partial charge in [-0.25, -0.2) is 9.97 Å². The van der Waals surface area contributed by atoms with E-state index in [0.717, 1.165) is 38.0 Å². The third kappa shape index (κ3) is 3.94. The van der Waals surface area contributed by atoms with E-state index in [-0.39, 0.29) is 5.91 Å². The summed E-state index contributed by atoms with van der Waals surface area (Å²) in [4.78, 5) is 26.4. The maximum Gasteiger partial charge on any atom is 0.272 e. The molecule has 0 spiro atoms. The molecule has 6 nitrogen and oxygen atoms in total. The molecule has 3 heterocycles. The molecule has 0 bridgehead atoms. The summed E-state index contributed by atoms with van der Waals surface area (Å²) in [6.07, 6.45) is 6.65. The van der Waals surface area contributed by atoms with Crippen molar-refractivity contribution < 1.29 is 4.79 Å². The predicted molar refractivity (Wildman–Crippen MR) is 107 cm³/mol. The van der Waals surface area contributed by atoms with E-state index in [1.807, 2.05) is 11.0 Å². The molecule has 2 N–H and O–H groups in total. The maximum atomic E-state index is 12.7. The summed E-state index contributed by atoms with van der Waals surface area (Å²) >= 11 is 0. The molecule has 0 aliphatic carbocycles. The fraction of sp³-hybridized carbons (Fsp3) is 0.381. The van der Waals surface area contributed by atoms with Crippen LogP contribution in [-0.2, 0) is 6.42 Å². The van der Waals surface area contributed by atoms with Crippen molar-refractivity contribution in [3.63, 3.8) is 0 Å². The highest BCUT2D eigenvalue weighted by molar-refractivity contribution is 5.93. The largest absolute Gasteiger partial charge is 0.370 e. The number of carbonyl (C=O) groups excluding carboxylic acids is 1. The molecule has 140 valence electrons. The zero-order valence-corrected chi connectivity index (χ0v) is 15.6. The molecule has 6 heteroatoms. The first-order valence-corrected chi connectivity index (χ1v) is 9.61. The number of H-pyrrole nitrogens is 1. The number of fused-ring (bicyclic) bond motifs is 1. The van der Waals surface area contributed by atoms with Gasteiger partial charge in [-0.05, 0) is 36.8 Å². The lowest BCUT2D eigenvalue weighted by molar-refractivity contribution is 0.0677. The molecule has 4 rings (SSSR count). The molecule has 1 aliphatic rings. The molecule has 1 saturated heterocycles. The minimum Gasteiger partial charge on any atom is -0.370 e. The lowest BCUT2D eigenvalue weighted by atomic mass is 10.00. The van der Waals surface area contributed by atoms with Crippen molar-refractivity contribution in [2.24, 2.45) is 5.92 Å². The van der Waals surface area contributed by atoms with Crippen LogP contribution in [0.2, 0.25) is 0 Å². The van der Waals surface area contributed by atoms with Crippen LogP contribution in [0.15, 0.2) is 42.9 Å². The molecular formula is C21H25N5O. The molecule has 1 unspecified atom stereocenters. The van der Waals surface area contributed by atoms with Crippen molar-refractivity contribution in [2.75, 3.05) is 25.0 Å². The second-order valence-corrected chi connectivity index (χ2v) is 7.32. The fourth-order valence-electron chi connectivity index (χ4n) is 3.77. The van der Waals surface area contributed by atoms with E-state index >= 15 is 0 Å². The maximum absolute atomic E-state index is 12.7. The zero-order chi connectivity index (χ0) is 18.6. The van der Waals surface area contributed by atoms with E-state index in [0.29, 0.717) is 17.4 Å². The first kappa shape index (κ1) is 17.5. The number of nitrogens with zero attached hydrogens (tertiary/aromatic N) is 3. The fourth-order valence-corrected chi connectivity index (χ4v) is 3.77. The van der Waals surface area contributed by atoms with Crippen LogP contribution in [0.25, 0.3) is 10.9 Å². The quantitative estimate of drug-likeness (QED) is 0.728. The Balaban J connectivity index is 1.38. The highest BCUT2D eigenvalue weighted by atomic mass is 16.2. The van der Waals surface area contributed by atoms with E-state index in [9.17, 15) is 4.79 Å². The van der Waals surface area contributed by atoms with Crippen molar-refractivity contribution in [3.8, 4) is 0 Å². The normalized spacial score (nSPS) is 17.2. The van der Waals surface area contributed by atoms with Gasteiger partial charge in [0.2, 0.25) is 0 Å². The summed E-state index contributed by atoms with van der Waals surface area (Å²) in [5, 5.41) is 4.57. The Morgan fingerprint density at radius 1 is 1.33 bits per heavy atom. The standard InChI is InChI=1S/C21H25N5O/c1-15-5-4-10-26(13-15)21(27)19-11-20(25-14-24-19)22-9-8-16-12-23-18-7-3-2-6-17(16)18/h2-3,6-7,11-12,14-15,23H,4-5,8-10,13H2,1H3,(H,22,24,25). The monoisotopic (exact) mass is 363 g/mol. The third-order valence-corrected chi connectivity index (χ3v) is 5.21. The molecule has 0 radical (unpaired) electrons. The molecule has 1 atom stereocenters. The van der Waals surface area contributed by atoms with Crippen LogP contribution in [0, 0.1) is 5.92 Å². The number of rotatable bonds is 5. The predicted octanol–water partition coefficient (Wildman–Crippen LogP) is 3.48. The Morgan fingerprint density at radius 2 is 2.22 bits per heavy atom. The van der Waals surface area contributed by atoms with Gasteiger partial charge < -0.3 is 15.2 Å². The number of amides is 1. The minimum atomic E-state index is 0.00336. The number of aromatic nitrogens is 3. The smallest absolute Gasteiger partial charge is 0.272 e. The van der Waals surface area contributed by atoms with Crippen LogP contribution in [0.5, 0.6) is 0 Å². The van der Waals surface area contributed by atoms with E-state index < -0.39 is 0 Å². The van der Waals surface area contributed by atoms with Crippen molar-refractivity contribution in [2.45, 2.75) is 26.2 Å². The van der Waals surface area contributed by atoms with Crippen molar-refractivity contribution in [1.82, 2.24) is 19.9 Å². The number of para-hydroxylation sites is 1. The SMILES string of the molecule is CC1CCCN(C(=O)c2cc(NCCc3c[nH]c4ccccc34)ncn2)C1. The summed E-state index contributed by atoms with van der Waals surface area (Å²) in [5.74, 6) is 1.25. The average Bonchev–Trinajstić information content (AvgIpc) is 3.11. The summed E-state index contributed by atoms with van der Waals surface area (Å²) in [6.45, 7) is 4.56. The number of aromatic amines is 1. The van der Waals surface area contributed by atoms with Crippen LogP contribution in [0.3, 0.4) is 0 Å². The van der Waals surface area contributed by atoms with Gasteiger partial charge in [0.25, 0.3) is 5.91 Å². The molecule has 1 aromatic carbocycles.